The summed E-state index contributed by atoms with van der Waals surface area (Å²) >= 11 is 0. The van der Waals surface area contributed by atoms with Crippen molar-refractivity contribution < 1.29 is 0 Å². The van der Waals surface area contributed by atoms with Crippen molar-refractivity contribution in [3.63, 3.8) is 0 Å². The Balaban J connectivity index is 1.80. The molecule has 0 atom stereocenters. The molecule has 0 radical (unpaired) electrons. The van der Waals surface area contributed by atoms with E-state index in [4.69, 9.17) is 0 Å². The van der Waals surface area contributed by atoms with Crippen molar-refractivity contribution in [2.75, 3.05) is 6.54 Å². The average molecular weight is 237 g/mol. The fourth-order valence-corrected chi connectivity index (χ4v) is 1.77. The second-order valence-corrected chi connectivity index (χ2v) is 4.65. The lowest BCUT2D eigenvalue weighted by Crippen LogP contribution is -2.39. The highest BCUT2D eigenvalue weighted by molar-refractivity contribution is 4.84. The van der Waals surface area contributed by atoms with Gasteiger partial charge in [0.05, 0.1) is 0 Å². The second kappa shape index (κ2) is 5.31. The van der Waals surface area contributed by atoms with E-state index < -0.39 is 11.1 Å². The summed E-state index contributed by atoms with van der Waals surface area (Å²) in [5.74, 6) is 0. The SMILES string of the molecule is Cn1ccn(CCCCNC2CC2)c(=O)c1=O. The van der Waals surface area contributed by atoms with E-state index in [1.54, 1.807) is 19.4 Å². The molecule has 0 spiro atoms. The Bertz CT molecular complexity index is 485. The largest absolute Gasteiger partial charge is 0.316 e. The van der Waals surface area contributed by atoms with Crippen LogP contribution in [0.1, 0.15) is 25.7 Å². The van der Waals surface area contributed by atoms with E-state index in [0.717, 1.165) is 25.4 Å². The lowest BCUT2D eigenvalue weighted by molar-refractivity contribution is 0.549. The molecule has 17 heavy (non-hydrogen) atoms. The first-order valence-corrected chi connectivity index (χ1v) is 6.18. The van der Waals surface area contributed by atoms with E-state index in [-0.39, 0.29) is 0 Å². The minimum absolute atomic E-state index is 0.426. The smallest absolute Gasteiger partial charge is 0.314 e. The highest BCUT2D eigenvalue weighted by Crippen LogP contribution is 2.18. The van der Waals surface area contributed by atoms with Gasteiger partial charge in [0.15, 0.2) is 0 Å². The standard InChI is InChI=1S/C12H19N3O2/c1-14-8-9-15(12(17)11(14)16)7-3-2-6-13-10-4-5-10/h8-10,13H,2-7H2,1H3. The molecule has 1 aliphatic rings. The lowest BCUT2D eigenvalue weighted by Gasteiger charge is -2.06. The van der Waals surface area contributed by atoms with Gasteiger partial charge < -0.3 is 14.5 Å². The van der Waals surface area contributed by atoms with E-state index in [2.05, 4.69) is 5.32 Å². The second-order valence-electron chi connectivity index (χ2n) is 4.65. The van der Waals surface area contributed by atoms with Crippen LogP contribution in [0, 0.1) is 0 Å². The molecule has 1 N–H and O–H groups in total. The van der Waals surface area contributed by atoms with Gasteiger partial charge in [-0.3, -0.25) is 9.59 Å². The fourth-order valence-electron chi connectivity index (χ4n) is 1.77. The van der Waals surface area contributed by atoms with E-state index in [0.29, 0.717) is 6.54 Å². The van der Waals surface area contributed by atoms with Crippen molar-refractivity contribution in [1.29, 1.82) is 0 Å². The maximum absolute atomic E-state index is 11.6. The molecule has 1 aliphatic carbocycles. The van der Waals surface area contributed by atoms with E-state index in [1.807, 2.05) is 0 Å². The van der Waals surface area contributed by atoms with Crippen LogP contribution >= 0.6 is 0 Å². The van der Waals surface area contributed by atoms with Gasteiger partial charge in [0.1, 0.15) is 0 Å². The van der Waals surface area contributed by atoms with Crippen molar-refractivity contribution in [2.45, 2.75) is 38.3 Å². The number of hydrogen-bond acceptors (Lipinski definition) is 3. The fraction of sp³-hybridized carbons (Fsp3) is 0.667. The van der Waals surface area contributed by atoms with Gasteiger partial charge in [-0.2, -0.15) is 0 Å². The zero-order chi connectivity index (χ0) is 12.3. The maximum Gasteiger partial charge on any atom is 0.316 e. The van der Waals surface area contributed by atoms with Gasteiger partial charge in [0, 0.05) is 32.0 Å². The van der Waals surface area contributed by atoms with Gasteiger partial charge >= 0.3 is 11.1 Å². The van der Waals surface area contributed by atoms with Crippen LogP contribution in [-0.4, -0.2) is 21.7 Å². The Hall–Kier alpha value is -1.36. The molecule has 94 valence electrons. The van der Waals surface area contributed by atoms with Crippen LogP contribution < -0.4 is 16.4 Å². The van der Waals surface area contributed by atoms with Crippen LogP contribution in [0.15, 0.2) is 22.0 Å². The van der Waals surface area contributed by atoms with Gasteiger partial charge in [-0.05, 0) is 32.2 Å². The molecule has 5 nitrogen and oxygen atoms in total. The van der Waals surface area contributed by atoms with Crippen molar-refractivity contribution in [3.8, 4) is 0 Å². The van der Waals surface area contributed by atoms with Crippen molar-refractivity contribution in [2.24, 2.45) is 7.05 Å². The van der Waals surface area contributed by atoms with E-state index in [9.17, 15) is 9.59 Å². The molecule has 0 aromatic carbocycles. The first-order chi connectivity index (χ1) is 8.18. The summed E-state index contributed by atoms with van der Waals surface area (Å²) in [6.07, 6.45) is 7.87. The zero-order valence-corrected chi connectivity index (χ0v) is 10.2. The van der Waals surface area contributed by atoms with Gasteiger partial charge in [-0.15, -0.1) is 0 Å². The average Bonchev–Trinajstić information content (AvgIpc) is 3.12. The predicted octanol–water partition coefficient (Wildman–Crippen LogP) is 0.0792. The number of hydrogen-bond donors (Lipinski definition) is 1. The quantitative estimate of drug-likeness (QED) is 0.563. The van der Waals surface area contributed by atoms with E-state index >= 15 is 0 Å². The number of aromatic nitrogens is 2. The highest BCUT2D eigenvalue weighted by atomic mass is 16.2. The first-order valence-electron chi connectivity index (χ1n) is 6.18. The van der Waals surface area contributed by atoms with Gasteiger partial charge in [0.2, 0.25) is 0 Å². The van der Waals surface area contributed by atoms with Crippen molar-refractivity contribution in [3.05, 3.63) is 33.1 Å². The van der Waals surface area contributed by atoms with Crippen molar-refractivity contribution >= 4 is 0 Å². The Morgan fingerprint density at radius 3 is 2.71 bits per heavy atom. The molecule has 1 fully saturated rings. The number of nitrogens with one attached hydrogen (secondary N) is 1. The minimum atomic E-state index is -0.455. The molecule has 1 saturated carbocycles. The number of rotatable bonds is 6. The van der Waals surface area contributed by atoms with Gasteiger partial charge in [-0.1, -0.05) is 0 Å². The zero-order valence-electron chi connectivity index (χ0n) is 10.2. The van der Waals surface area contributed by atoms with Gasteiger partial charge in [-0.25, -0.2) is 0 Å². The first kappa shape index (κ1) is 12.1. The molecule has 0 aliphatic heterocycles. The number of unbranched alkanes of at least 4 members (excludes halogenated alkanes) is 1. The van der Waals surface area contributed by atoms with Gasteiger partial charge in [0.25, 0.3) is 0 Å². The minimum Gasteiger partial charge on any atom is -0.314 e. The summed E-state index contributed by atoms with van der Waals surface area (Å²) in [7, 11) is 1.59. The monoisotopic (exact) mass is 237 g/mol. The topological polar surface area (TPSA) is 56.0 Å². The summed E-state index contributed by atoms with van der Waals surface area (Å²) in [6.45, 7) is 1.63. The molecule has 1 heterocycles. The molecule has 0 amide bonds. The molecule has 1 aromatic heterocycles. The normalized spacial score (nSPS) is 15.1. The third-order valence-corrected chi connectivity index (χ3v) is 3.07. The van der Waals surface area contributed by atoms with Crippen LogP contribution in [0.4, 0.5) is 0 Å². The molecular weight excluding hydrogens is 218 g/mol. The summed E-state index contributed by atoms with van der Waals surface area (Å²) in [4.78, 5) is 23.0. The van der Waals surface area contributed by atoms with Crippen LogP contribution in [-0.2, 0) is 13.6 Å². The number of nitrogens with zero attached hydrogens (tertiary/aromatic N) is 2. The number of aryl methyl sites for hydroxylation is 2. The lowest BCUT2D eigenvalue weighted by atomic mass is 10.3. The van der Waals surface area contributed by atoms with Crippen LogP contribution in [0.2, 0.25) is 0 Å². The summed E-state index contributed by atoms with van der Waals surface area (Å²) < 4.78 is 2.81. The Labute approximate surface area is 100 Å². The Morgan fingerprint density at radius 1 is 1.24 bits per heavy atom. The molecule has 0 saturated heterocycles. The van der Waals surface area contributed by atoms with E-state index in [1.165, 1.54) is 22.0 Å². The molecule has 0 unspecified atom stereocenters. The Kier molecular flexibility index (Phi) is 3.78. The maximum atomic E-state index is 11.6. The van der Waals surface area contributed by atoms with Crippen molar-refractivity contribution in [1.82, 2.24) is 14.5 Å². The molecular formula is C12H19N3O2. The molecule has 0 bridgehead atoms. The third kappa shape index (κ3) is 3.30. The molecule has 2 rings (SSSR count). The molecule has 5 heteroatoms. The molecule has 1 aromatic rings. The van der Waals surface area contributed by atoms with Crippen LogP contribution in [0.5, 0.6) is 0 Å². The Morgan fingerprint density at radius 2 is 2.00 bits per heavy atom. The third-order valence-electron chi connectivity index (χ3n) is 3.07. The predicted molar refractivity (Wildman–Crippen MR) is 66.2 cm³/mol. The van der Waals surface area contributed by atoms with Crippen LogP contribution in [0.25, 0.3) is 0 Å². The summed E-state index contributed by atoms with van der Waals surface area (Å²) in [5, 5.41) is 3.42. The summed E-state index contributed by atoms with van der Waals surface area (Å²) in [6, 6.07) is 0.738. The highest BCUT2D eigenvalue weighted by Gasteiger charge is 2.19. The summed E-state index contributed by atoms with van der Waals surface area (Å²) in [5.41, 5.74) is -0.881. The van der Waals surface area contributed by atoms with Crippen LogP contribution in [0.3, 0.4) is 0 Å².